The summed E-state index contributed by atoms with van der Waals surface area (Å²) in [6, 6.07) is 0.886. The number of nitrogens with zero attached hydrogens (tertiary/aromatic N) is 1. The third kappa shape index (κ3) is 1.90. The highest BCUT2D eigenvalue weighted by Gasteiger charge is 2.52. The summed E-state index contributed by atoms with van der Waals surface area (Å²) in [4.78, 5) is 2.93. The summed E-state index contributed by atoms with van der Waals surface area (Å²) < 4.78 is 0. The van der Waals surface area contributed by atoms with Gasteiger partial charge in [0.1, 0.15) is 0 Å². The van der Waals surface area contributed by atoms with Gasteiger partial charge in [0.25, 0.3) is 0 Å². The molecule has 2 heteroatoms. The van der Waals surface area contributed by atoms with Gasteiger partial charge < -0.3 is 5.32 Å². The Hall–Kier alpha value is -0.0800. The fourth-order valence-corrected chi connectivity index (χ4v) is 7.27. The van der Waals surface area contributed by atoms with E-state index in [0.717, 1.165) is 35.1 Å². The number of nitrogens with one attached hydrogen (secondary N) is 1. The first-order chi connectivity index (χ1) is 9.80. The lowest BCUT2D eigenvalue weighted by Gasteiger charge is -2.58. The average molecular weight is 274 g/mol. The predicted octanol–water partition coefficient (Wildman–Crippen LogP) is 2.89. The van der Waals surface area contributed by atoms with E-state index in [0.29, 0.717) is 0 Å². The first-order valence-electron chi connectivity index (χ1n) is 9.24. The van der Waals surface area contributed by atoms with E-state index >= 15 is 0 Å². The molecule has 2 unspecified atom stereocenters. The maximum atomic E-state index is 3.66. The molecule has 2 nitrogen and oxygen atoms in total. The molecule has 2 atom stereocenters. The molecule has 6 fully saturated rings. The molecule has 0 spiro atoms. The Kier molecular flexibility index (Phi) is 2.78. The van der Waals surface area contributed by atoms with Crippen LogP contribution in [0.5, 0.6) is 0 Å². The number of fused-ring (bicyclic) bond motifs is 1. The highest BCUT2D eigenvalue weighted by Crippen LogP contribution is 2.60. The minimum Gasteiger partial charge on any atom is -0.315 e. The highest BCUT2D eigenvalue weighted by molar-refractivity contribution is 5.04. The standard InChI is InChI=1S/C18H30N2/c1-2-16-10-19-11-17(16)20(3-1)12-18-7-13-4-14(8-18)6-15(5-13)9-18/h13-17,19H,1-12H2. The van der Waals surface area contributed by atoms with Crippen molar-refractivity contribution in [2.45, 2.75) is 57.4 Å². The lowest BCUT2D eigenvalue weighted by Crippen LogP contribution is -2.55. The average Bonchev–Trinajstić information content (AvgIpc) is 2.86. The summed E-state index contributed by atoms with van der Waals surface area (Å²) in [5, 5.41) is 3.66. The van der Waals surface area contributed by atoms with Gasteiger partial charge in [0, 0.05) is 19.1 Å². The second-order valence-corrected chi connectivity index (χ2v) is 9.02. The van der Waals surface area contributed by atoms with E-state index in [9.17, 15) is 0 Å². The van der Waals surface area contributed by atoms with Crippen LogP contribution < -0.4 is 5.32 Å². The zero-order valence-electron chi connectivity index (χ0n) is 12.8. The van der Waals surface area contributed by atoms with E-state index in [-0.39, 0.29) is 0 Å². The molecular weight excluding hydrogens is 244 g/mol. The quantitative estimate of drug-likeness (QED) is 0.833. The highest BCUT2D eigenvalue weighted by atomic mass is 15.2. The van der Waals surface area contributed by atoms with Gasteiger partial charge in [0.2, 0.25) is 0 Å². The van der Waals surface area contributed by atoms with Crippen molar-refractivity contribution in [3.05, 3.63) is 0 Å². The van der Waals surface area contributed by atoms with Crippen LogP contribution in [0, 0.1) is 29.1 Å². The topological polar surface area (TPSA) is 15.3 Å². The summed E-state index contributed by atoms with van der Waals surface area (Å²) in [7, 11) is 0. The normalized spacial score (nSPS) is 54.3. The predicted molar refractivity (Wildman–Crippen MR) is 81.6 cm³/mol. The first-order valence-corrected chi connectivity index (χ1v) is 9.24. The van der Waals surface area contributed by atoms with Gasteiger partial charge in [-0.1, -0.05) is 0 Å². The maximum absolute atomic E-state index is 3.66. The van der Waals surface area contributed by atoms with Gasteiger partial charge >= 0.3 is 0 Å². The molecule has 0 aromatic rings. The van der Waals surface area contributed by atoms with E-state index in [1.54, 1.807) is 38.5 Å². The molecular formula is C18H30N2. The van der Waals surface area contributed by atoms with Crippen molar-refractivity contribution in [1.29, 1.82) is 0 Å². The summed E-state index contributed by atoms with van der Waals surface area (Å²) in [6.07, 6.45) is 12.5. The monoisotopic (exact) mass is 274 g/mol. The number of hydrogen-bond donors (Lipinski definition) is 1. The number of hydrogen-bond acceptors (Lipinski definition) is 2. The molecule has 0 radical (unpaired) electrons. The van der Waals surface area contributed by atoms with E-state index in [4.69, 9.17) is 0 Å². The van der Waals surface area contributed by atoms with Gasteiger partial charge in [-0.2, -0.15) is 0 Å². The molecule has 6 aliphatic rings. The SMILES string of the molecule is C1CC2CNCC2N(CC23CC4CC(CC(C4)C2)C3)C1. The van der Waals surface area contributed by atoms with Crippen molar-refractivity contribution in [1.82, 2.24) is 10.2 Å². The molecule has 0 aromatic carbocycles. The van der Waals surface area contributed by atoms with Gasteiger partial charge in [-0.05, 0) is 93.5 Å². The van der Waals surface area contributed by atoms with Crippen molar-refractivity contribution in [3.63, 3.8) is 0 Å². The van der Waals surface area contributed by atoms with Gasteiger partial charge in [-0.15, -0.1) is 0 Å². The van der Waals surface area contributed by atoms with E-state index in [1.807, 2.05) is 0 Å². The number of likely N-dealkylation sites (tertiary alicyclic amines) is 1. The summed E-state index contributed by atoms with van der Waals surface area (Å²) in [5.41, 5.74) is 0.749. The summed E-state index contributed by atoms with van der Waals surface area (Å²) >= 11 is 0. The Morgan fingerprint density at radius 3 is 2.35 bits per heavy atom. The molecule has 0 amide bonds. The van der Waals surface area contributed by atoms with Crippen LogP contribution in [0.4, 0.5) is 0 Å². The lowest BCUT2D eigenvalue weighted by atomic mass is 9.49. The Morgan fingerprint density at radius 1 is 0.950 bits per heavy atom. The van der Waals surface area contributed by atoms with Crippen LogP contribution >= 0.6 is 0 Å². The van der Waals surface area contributed by atoms with Crippen LogP contribution in [-0.2, 0) is 0 Å². The van der Waals surface area contributed by atoms with Gasteiger partial charge in [0.15, 0.2) is 0 Å². The Balaban J connectivity index is 1.35. The van der Waals surface area contributed by atoms with Crippen LogP contribution in [0.3, 0.4) is 0 Å². The molecule has 4 bridgehead atoms. The molecule has 2 aliphatic heterocycles. The third-order valence-electron chi connectivity index (χ3n) is 7.50. The zero-order valence-corrected chi connectivity index (χ0v) is 12.8. The Morgan fingerprint density at radius 2 is 1.65 bits per heavy atom. The van der Waals surface area contributed by atoms with Crippen LogP contribution in [0.15, 0.2) is 0 Å². The molecule has 1 N–H and O–H groups in total. The molecule has 2 saturated heterocycles. The molecule has 112 valence electrons. The van der Waals surface area contributed by atoms with Crippen molar-refractivity contribution in [2.24, 2.45) is 29.1 Å². The summed E-state index contributed by atoms with van der Waals surface area (Å²) in [5.74, 6) is 4.31. The Bertz CT molecular complexity index is 356. The second kappa shape index (κ2) is 4.46. The lowest BCUT2D eigenvalue weighted by molar-refractivity contribution is -0.0792. The largest absolute Gasteiger partial charge is 0.315 e. The minimum atomic E-state index is 0.749. The fourth-order valence-electron chi connectivity index (χ4n) is 7.27. The Labute approximate surface area is 123 Å². The number of piperidine rings is 1. The third-order valence-corrected chi connectivity index (χ3v) is 7.50. The van der Waals surface area contributed by atoms with Crippen molar-refractivity contribution in [2.75, 3.05) is 26.2 Å². The van der Waals surface area contributed by atoms with Gasteiger partial charge in [-0.25, -0.2) is 0 Å². The van der Waals surface area contributed by atoms with Crippen LogP contribution in [0.25, 0.3) is 0 Å². The first kappa shape index (κ1) is 12.5. The zero-order chi connectivity index (χ0) is 13.2. The van der Waals surface area contributed by atoms with E-state index in [2.05, 4.69) is 10.2 Å². The van der Waals surface area contributed by atoms with Crippen LogP contribution in [0.2, 0.25) is 0 Å². The molecule has 6 rings (SSSR count). The van der Waals surface area contributed by atoms with Crippen LogP contribution in [-0.4, -0.2) is 37.1 Å². The molecule has 4 saturated carbocycles. The maximum Gasteiger partial charge on any atom is 0.0261 e. The van der Waals surface area contributed by atoms with E-state index in [1.165, 1.54) is 39.0 Å². The summed E-state index contributed by atoms with van der Waals surface area (Å²) in [6.45, 7) is 5.42. The van der Waals surface area contributed by atoms with Crippen molar-refractivity contribution in [3.8, 4) is 0 Å². The fraction of sp³-hybridized carbons (Fsp3) is 1.00. The molecule has 4 aliphatic carbocycles. The van der Waals surface area contributed by atoms with Gasteiger partial charge in [-0.3, -0.25) is 4.90 Å². The minimum absolute atomic E-state index is 0.749. The molecule has 0 aromatic heterocycles. The second-order valence-electron chi connectivity index (χ2n) is 9.02. The van der Waals surface area contributed by atoms with Gasteiger partial charge in [0.05, 0.1) is 0 Å². The van der Waals surface area contributed by atoms with Crippen molar-refractivity contribution >= 4 is 0 Å². The van der Waals surface area contributed by atoms with Crippen LogP contribution in [0.1, 0.15) is 51.4 Å². The molecule has 20 heavy (non-hydrogen) atoms. The van der Waals surface area contributed by atoms with Crippen molar-refractivity contribution < 1.29 is 0 Å². The molecule has 2 heterocycles. The number of rotatable bonds is 2. The van der Waals surface area contributed by atoms with E-state index < -0.39 is 0 Å². The smallest absolute Gasteiger partial charge is 0.0261 e.